The van der Waals surface area contributed by atoms with Crippen LogP contribution >= 0.6 is 0 Å². The third kappa shape index (κ3) is 2.02. The maximum absolute atomic E-state index is 12.0. The second kappa shape index (κ2) is 4.57. The van der Waals surface area contributed by atoms with Gasteiger partial charge in [-0.15, -0.1) is 0 Å². The number of rotatable bonds is 3. The number of amides is 2. The minimum absolute atomic E-state index is 0.0923. The average Bonchev–Trinajstić information content (AvgIpc) is 2.64. The molecule has 0 bridgehead atoms. The number of nitrogens with zero attached hydrogens (tertiary/aromatic N) is 1. The number of likely N-dealkylation sites (N-methyl/N-ethyl adjacent to an activating group) is 1. The Bertz CT molecular complexity index is 456. The molecule has 1 aromatic rings. The van der Waals surface area contributed by atoms with Crippen LogP contribution in [0.1, 0.15) is 24.8 Å². The molecule has 1 atom stereocenters. The van der Waals surface area contributed by atoms with Crippen molar-refractivity contribution in [1.29, 1.82) is 0 Å². The summed E-state index contributed by atoms with van der Waals surface area (Å²) in [5, 5.41) is 0. The van der Waals surface area contributed by atoms with E-state index in [0.717, 1.165) is 5.56 Å². The number of ether oxygens (including phenoxy) is 1. The van der Waals surface area contributed by atoms with E-state index in [-0.39, 0.29) is 24.2 Å². The Morgan fingerprint density at radius 1 is 1.41 bits per heavy atom. The third-order valence-electron chi connectivity index (χ3n) is 3.06. The van der Waals surface area contributed by atoms with Crippen molar-refractivity contribution in [2.24, 2.45) is 0 Å². The van der Waals surface area contributed by atoms with Crippen molar-refractivity contribution >= 4 is 11.8 Å². The molecule has 1 fully saturated rings. The van der Waals surface area contributed by atoms with Gasteiger partial charge >= 0.3 is 0 Å². The van der Waals surface area contributed by atoms with Crippen LogP contribution in [-0.2, 0) is 9.59 Å². The molecule has 1 heterocycles. The van der Waals surface area contributed by atoms with Crippen LogP contribution in [0.25, 0.3) is 0 Å². The molecule has 1 aliphatic heterocycles. The summed E-state index contributed by atoms with van der Waals surface area (Å²) in [6.07, 6.45) is 0.264. The van der Waals surface area contributed by atoms with Crippen LogP contribution in [-0.4, -0.2) is 30.4 Å². The van der Waals surface area contributed by atoms with Gasteiger partial charge in [0.15, 0.2) is 0 Å². The Morgan fingerprint density at radius 2 is 2.18 bits per heavy atom. The van der Waals surface area contributed by atoms with E-state index < -0.39 is 0 Å². The zero-order valence-electron chi connectivity index (χ0n) is 9.97. The van der Waals surface area contributed by atoms with Crippen LogP contribution in [0.5, 0.6) is 5.75 Å². The van der Waals surface area contributed by atoms with E-state index >= 15 is 0 Å². The SMILES string of the molecule is CCN1C(=O)CC(c2cccc(OC)c2)C1=O. The lowest BCUT2D eigenvalue weighted by Crippen LogP contribution is -2.29. The normalized spacial score (nSPS) is 19.9. The molecule has 0 saturated carbocycles. The van der Waals surface area contributed by atoms with E-state index in [0.29, 0.717) is 12.3 Å². The summed E-state index contributed by atoms with van der Waals surface area (Å²) in [5.74, 6) is 0.159. The third-order valence-corrected chi connectivity index (χ3v) is 3.06. The zero-order chi connectivity index (χ0) is 12.4. The smallest absolute Gasteiger partial charge is 0.237 e. The minimum atomic E-state index is -0.349. The van der Waals surface area contributed by atoms with Gasteiger partial charge < -0.3 is 4.74 Å². The van der Waals surface area contributed by atoms with Crippen LogP contribution in [0.4, 0.5) is 0 Å². The fraction of sp³-hybridized carbons (Fsp3) is 0.385. The molecule has 17 heavy (non-hydrogen) atoms. The second-order valence-electron chi connectivity index (χ2n) is 4.01. The maximum Gasteiger partial charge on any atom is 0.237 e. The quantitative estimate of drug-likeness (QED) is 0.744. The van der Waals surface area contributed by atoms with E-state index in [4.69, 9.17) is 4.74 Å². The van der Waals surface area contributed by atoms with E-state index in [2.05, 4.69) is 0 Å². The van der Waals surface area contributed by atoms with Gasteiger partial charge in [-0.05, 0) is 24.6 Å². The molecule has 4 heteroatoms. The van der Waals surface area contributed by atoms with Crippen LogP contribution in [0.15, 0.2) is 24.3 Å². The molecule has 0 radical (unpaired) electrons. The number of benzene rings is 1. The summed E-state index contributed by atoms with van der Waals surface area (Å²) >= 11 is 0. The monoisotopic (exact) mass is 233 g/mol. The zero-order valence-corrected chi connectivity index (χ0v) is 9.97. The predicted molar refractivity (Wildman–Crippen MR) is 62.7 cm³/mol. The number of methoxy groups -OCH3 is 1. The Hall–Kier alpha value is -1.84. The molecule has 4 nitrogen and oxygen atoms in total. The van der Waals surface area contributed by atoms with Gasteiger partial charge in [-0.2, -0.15) is 0 Å². The molecule has 1 aromatic carbocycles. The highest BCUT2D eigenvalue weighted by Gasteiger charge is 2.38. The van der Waals surface area contributed by atoms with Gasteiger partial charge in [0.1, 0.15) is 5.75 Å². The molecular formula is C13H15NO3. The number of hydrogen-bond acceptors (Lipinski definition) is 3. The van der Waals surface area contributed by atoms with Crippen molar-refractivity contribution in [1.82, 2.24) is 4.90 Å². The van der Waals surface area contributed by atoms with Gasteiger partial charge in [-0.3, -0.25) is 14.5 Å². The topological polar surface area (TPSA) is 46.6 Å². The molecule has 1 unspecified atom stereocenters. The number of imide groups is 1. The summed E-state index contributed by atoms with van der Waals surface area (Å²) in [5.41, 5.74) is 0.846. The first kappa shape index (κ1) is 11.6. The minimum Gasteiger partial charge on any atom is -0.497 e. The highest BCUT2D eigenvalue weighted by atomic mass is 16.5. The van der Waals surface area contributed by atoms with Gasteiger partial charge in [0, 0.05) is 13.0 Å². The van der Waals surface area contributed by atoms with E-state index in [1.54, 1.807) is 7.11 Å². The molecule has 0 aromatic heterocycles. The maximum atomic E-state index is 12.0. The summed E-state index contributed by atoms with van der Waals surface area (Å²) in [6.45, 7) is 2.25. The van der Waals surface area contributed by atoms with Gasteiger partial charge in [0.05, 0.1) is 13.0 Å². The van der Waals surface area contributed by atoms with Crippen molar-refractivity contribution in [3.05, 3.63) is 29.8 Å². The fourth-order valence-electron chi connectivity index (χ4n) is 2.13. The average molecular weight is 233 g/mol. The molecule has 0 N–H and O–H groups in total. The molecule has 2 amide bonds. The lowest BCUT2D eigenvalue weighted by molar-refractivity contribution is -0.138. The molecule has 0 aliphatic carbocycles. The van der Waals surface area contributed by atoms with Crippen LogP contribution in [0.3, 0.4) is 0 Å². The van der Waals surface area contributed by atoms with Crippen molar-refractivity contribution in [3.63, 3.8) is 0 Å². The number of likely N-dealkylation sites (tertiary alicyclic amines) is 1. The Labute approximate surface area is 100 Å². The lowest BCUT2D eigenvalue weighted by Gasteiger charge is -2.12. The van der Waals surface area contributed by atoms with Gasteiger partial charge in [0.25, 0.3) is 0 Å². The lowest BCUT2D eigenvalue weighted by atomic mass is 9.97. The van der Waals surface area contributed by atoms with Crippen LogP contribution in [0.2, 0.25) is 0 Å². The summed E-state index contributed by atoms with van der Waals surface area (Å²) in [4.78, 5) is 24.9. The van der Waals surface area contributed by atoms with E-state index in [9.17, 15) is 9.59 Å². The largest absolute Gasteiger partial charge is 0.497 e. The first-order valence-corrected chi connectivity index (χ1v) is 5.65. The number of carbonyl (C=O) groups is 2. The van der Waals surface area contributed by atoms with Crippen molar-refractivity contribution in [2.45, 2.75) is 19.3 Å². The fourth-order valence-corrected chi connectivity index (χ4v) is 2.13. The number of carbonyl (C=O) groups excluding carboxylic acids is 2. The van der Waals surface area contributed by atoms with E-state index in [1.807, 2.05) is 31.2 Å². The first-order valence-electron chi connectivity index (χ1n) is 5.65. The molecule has 2 rings (SSSR count). The summed E-state index contributed by atoms with van der Waals surface area (Å²) < 4.78 is 5.12. The van der Waals surface area contributed by atoms with Gasteiger partial charge in [-0.1, -0.05) is 12.1 Å². The summed E-state index contributed by atoms with van der Waals surface area (Å²) in [6, 6.07) is 7.33. The molecular weight excluding hydrogens is 218 g/mol. The van der Waals surface area contributed by atoms with Crippen LogP contribution < -0.4 is 4.74 Å². The Morgan fingerprint density at radius 3 is 2.76 bits per heavy atom. The van der Waals surface area contributed by atoms with Gasteiger partial charge in [0.2, 0.25) is 11.8 Å². The van der Waals surface area contributed by atoms with Gasteiger partial charge in [-0.25, -0.2) is 0 Å². The highest BCUT2D eigenvalue weighted by Crippen LogP contribution is 2.31. The standard InChI is InChI=1S/C13H15NO3/c1-3-14-12(15)8-11(13(14)16)9-5-4-6-10(7-9)17-2/h4-7,11H,3,8H2,1-2H3. The van der Waals surface area contributed by atoms with Crippen molar-refractivity contribution in [2.75, 3.05) is 13.7 Å². The Balaban J connectivity index is 2.29. The van der Waals surface area contributed by atoms with Crippen molar-refractivity contribution < 1.29 is 14.3 Å². The summed E-state index contributed by atoms with van der Waals surface area (Å²) in [7, 11) is 1.58. The number of hydrogen-bond donors (Lipinski definition) is 0. The molecule has 0 spiro atoms. The molecule has 1 aliphatic rings. The molecule has 1 saturated heterocycles. The molecule has 90 valence electrons. The van der Waals surface area contributed by atoms with Crippen molar-refractivity contribution in [3.8, 4) is 5.75 Å². The predicted octanol–water partition coefficient (Wildman–Crippen LogP) is 1.56. The van der Waals surface area contributed by atoms with E-state index in [1.165, 1.54) is 4.90 Å². The first-order chi connectivity index (χ1) is 8.17. The highest BCUT2D eigenvalue weighted by molar-refractivity contribution is 6.06. The Kier molecular flexibility index (Phi) is 3.13. The van der Waals surface area contributed by atoms with Crippen LogP contribution in [0, 0.1) is 0 Å². The second-order valence-corrected chi connectivity index (χ2v) is 4.01.